The molecule has 3 aromatic carbocycles. The van der Waals surface area contributed by atoms with Gasteiger partial charge in [0.2, 0.25) is 5.82 Å². The molecule has 0 bridgehead atoms. The zero-order chi connectivity index (χ0) is 21.6. The zero-order valence-electron chi connectivity index (χ0n) is 17.1. The van der Waals surface area contributed by atoms with Crippen molar-refractivity contribution >= 4 is 22.8 Å². The number of benzene rings is 3. The molecule has 0 aliphatic rings. The molecule has 156 valence electrons. The number of aromatic nitrogens is 2. The maximum atomic E-state index is 12.1. The van der Waals surface area contributed by atoms with Gasteiger partial charge >= 0.3 is 5.97 Å². The number of fused-ring (bicyclic) bond motifs is 1. The first-order valence-corrected chi connectivity index (χ1v) is 9.55. The van der Waals surface area contributed by atoms with E-state index in [2.05, 4.69) is 10.1 Å². The molecule has 4 rings (SSSR count). The Morgan fingerprint density at radius 3 is 2.65 bits per heavy atom. The summed E-state index contributed by atoms with van der Waals surface area (Å²) in [6, 6.07) is 19.0. The van der Waals surface area contributed by atoms with Crippen molar-refractivity contribution in [2.24, 2.45) is 0 Å². The predicted octanol–water partition coefficient (Wildman–Crippen LogP) is 4.66. The first kappa shape index (κ1) is 20.2. The highest BCUT2D eigenvalue weighted by Crippen LogP contribution is 2.27. The number of methoxy groups -OCH3 is 2. The molecule has 1 aromatic heterocycles. The molecular formula is C24H20N2O5. The molecule has 4 aromatic rings. The van der Waals surface area contributed by atoms with Crippen molar-refractivity contribution < 1.29 is 23.5 Å². The summed E-state index contributed by atoms with van der Waals surface area (Å²) in [7, 11) is 3.21. The van der Waals surface area contributed by atoms with Gasteiger partial charge in [0.05, 0.1) is 19.8 Å². The van der Waals surface area contributed by atoms with Crippen molar-refractivity contribution in [2.75, 3.05) is 14.2 Å². The lowest BCUT2D eigenvalue weighted by molar-refractivity contribution is -0.139. The van der Waals surface area contributed by atoms with Gasteiger partial charge < -0.3 is 18.7 Å². The van der Waals surface area contributed by atoms with Gasteiger partial charge in [-0.2, -0.15) is 4.98 Å². The first-order valence-electron chi connectivity index (χ1n) is 9.55. The van der Waals surface area contributed by atoms with Gasteiger partial charge in [0.15, 0.2) is 6.61 Å². The van der Waals surface area contributed by atoms with E-state index in [0.717, 1.165) is 22.1 Å². The molecule has 0 atom stereocenters. The number of para-hydroxylation sites is 1. The molecular weight excluding hydrogens is 396 g/mol. The van der Waals surface area contributed by atoms with Crippen LogP contribution in [-0.4, -0.2) is 30.3 Å². The molecule has 7 heteroatoms. The van der Waals surface area contributed by atoms with E-state index in [-0.39, 0.29) is 12.5 Å². The van der Waals surface area contributed by atoms with Crippen molar-refractivity contribution in [1.29, 1.82) is 0 Å². The molecule has 0 N–H and O–H groups in total. The molecule has 0 aliphatic carbocycles. The molecule has 0 saturated heterocycles. The molecule has 31 heavy (non-hydrogen) atoms. The Hall–Kier alpha value is -4.13. The molecule has 0 saturated carbocycles. The van der Waals surface area contributed by atoms with Gasteiger partial charge in [-0.15, -0.1) is 0 Å². The van der Waals surface area contributed by atoms with Crippen molar-refractivity contribution in [3.8, 4) is 22.9 Å². The minimum Gasteiger partial charge on any atom is -0.497 e. The number of carbonyl (C=O) groups is 1. The number of nitrogens with zero attached hydrogens (tertiary/aromatic N) is 2. The molecule has 7 nitrogen and oxygen atoms in total. The third kappa shape index (κ3) is 4.72. The summed E-state index contributed by atoms with van der Waals surface area (Å²) in [6.45, 7) is -0.122. The van der Waals surface area contributed by atoms with Gasteiger partial charge in [-0.1, -0.05) is 35.5 Å². The molecule has 0 fully saturated rings. The van der Waals surface area contributed by atoms with E-state index in [1.807, 2.05) is 54.6 Å². The summed E-state index contributed by atoms with van der Waals surface area (Å²) >= 11 is 0. The van der Waals surface area contributed by atoms with Crippen LogP contribution in [0.5, 0.6) is 11.5 Å². The number of ether oxygens (including phenoxy) is 3. The predicted molar refractivity (Wildman–Crippen MR) is 116 cm³/mol. The van der Waals surface area contributed by atoms with Gasteiger partial charge in [-0.05, 0) is 52.7 Å². The smallest absolute Gasteiger partial charge is 0.331 e. The molecule has 0 aliphatic heterocycles. The summed E-state index contributed by atoms with van der Waals surface area (Å²) in [5.74, 6) is 1.49. The fourth-order valence-electron chi connectivity index (χ4n) is 3.07. The van der Waals surface area contributed by atoms with Gasteiger partial charge in [-0.3, -0.25) is 0 Å². The van der Waals surface area contributed by atoms with Crippen LogP contribution in [-0.2, 0) is 16.1 Å². The monoisotopic (exact) mass is 416 g/mol. The molecule has 0 unspecified atom stereocenters. The Morgan fingerprint density at radius 1 is 1.00 bits per heavy atom. The Labute approximate surface area is 178 Å². The number of hydrogen-bond donors (Lipinski definition) is 0. The molecule has 0 radical (unpaired) electrons. The summed E-state index contributed by atoms with van der Waals surface area (Å²) in [5, 5.41) is 6.03. The maximum absolute atomic E-state index is 12.1. The topological polar surface area (TPSA) is 83.7 Å². The van der Waals surface area contributed by atoms with Gasteiger partial charge in [0, 0.05) is 6.08 Å². The average Bonchev–Trinajstić information content (AvgIpc) is 3.29. The standard InChI is InChI=1S/C24H20N2O5/c1-28-19-11-10-17-13-16(7-9-18(17)14-19)8-12-23(27)30-15-22-25-24(26-31-22)20-5-3-4-6-21(20)29-2/h3-14H,15H2,1-2H3/b12-8+. The van der Waals surface area contributed by atoms with E-state index in [1.54, 1.807) is 26.4 Å². The van der Waals surface area contributed by atoms with E-state index in [4.69, 9.17) is 18.7 Å². The fourth-order valence-corrected chi connectivity index (χ4v) is 3.07. The molecule has 1 heterocycles. The molecule has 0 spiro atoms. The highest BCUT2D eigenvalue weighted by Gasteiger charge is 2.13. The second-order valence-corrected chi connectivity index (χ2v) is 6.63. The van der Waals surface area contributed by atoms with Crippen LogP contribution >= 0.6 is 0 Å². The first-order chi connectivity index (χ1) is 15.2. The van der Waals surface area contributed by atoms with Crippen LogP contribution in [0.1, 0.15) is 11.5 Å². The Kier molecular flexibility index (Phi) is 5.93. The van der Waals surface area contributed by atoms with Crippen LogP contribution in [0.2, 0.25) is 0 Å². The number of esters is 1. The Balaban J connectivity index is 1.38. The lowest BCUT2D eigenvalue weighted by Crippen LogP contribution is -2.01. The number of rotatable bonds is 7. The quantitative estimate of drug-likeness (QED) is 0.320. The Bertz CT molecular complexity index is 1250. The lowest BCUT2D eigenvalue weighted by atomic mass is 10.1. The third-order valence-electron chi connectivity index (χ3n) is 4.64. The average molecular weight is 416 g/mol. The van der Waals surface area contributed by atoms with Crippen molar-refractivity contribution in [3.05, 3.63) is 78.2 Å². The highest BCUT2D eigenvalue weighted by atomic mass is 16.6. The summed E-state index contributed by atoms with van der Waals surface area (Å²) < 4.78 is 20.9. The highest BCUT2D eigenvalue weighted by molar-refractivity contribution is 5.90. The van der Waals surface area contributed by atoms with E-state index in [0.29, 0.717) is 17.1 Å². The Morgan fingerprint density at radius 2 is 1.81 bits per heavy atom. The second-order valence-electron chi connectivity index (χ2n) is 6.63. The van der Waals surface area contributed by atoms with Crippen molar-refractivity contribution in [3.63, 3.8) is 0 Å². The van der Waals surface area contributed by atoms with Crippen LogP contribution in [0, 0.1) is 0 Å². The van der Waals surface area contributed by atoms with Crippen molar-refractivity contribution in [2.45, 2.75) is 6.61 Å². The number of carbonyl (C=O) groups excluding carboxylic acids is 1. The maximum Gasteiger partial charge on any atom is 0.331 e. The van der Waals surface area contributed by atoms with E-state index in [9.17, 15) is 4.79 Å². The summed E-state index contributed by atoms with van der Waals surface area (Å²) in [4.78, 5) is 16.3. The second kappa shape index (κ2) is 9.13. The lowest BCUT2D eigenvalue weighted by Gasteiger charge is -2.03. The minimum absolute atomic E-state index is 0.122. The molecule has 0 amide bonds. The van der Waals surface area contributed by atoms with E-state index in [1.165, 1.54) is 6.08 Å². The van der Waals surface area contributed by atoms with Crippen LogP contribution in [0.4, 0.5) is 0 Å². The van der Waals surface area contributed by atoms with Gasteiger partial charge in [-0.25, -0.2) is 4.79 Å². The van der Waals surface area contributed by atoms with E-state index >= 15 is 0 Å². The fraction of sp³-hybridized carbons (Fsp3) is 0.125. The zero-order valence-corrected chi connectivity index (χ0v) is 17.1. The van der Waals surface area contributed by atoms with E-state index < -0.39 is 5.97 Å². The minimum atomic E-state index is -0.508. The SMILES string of the molecule is COc1ccc2cc(/C=C/C(=O)OCc3nc(-c4ccccc4OC)no3)ccc2c1. The number of hydrogen-bond acceptors (Lipinski definition) is 7. The van der Waals surface area contributed by atoms with Gasteiger partial charge in [0.25, 0.3) is 5.89 Å². The van der Waals surface area contributed by atoms with Crippen LogP contribution < -0.4 is 9.47 Å². The normalized spacial score (nSPS) is 11.0. The van der Waals surface area contributed by atoms with Gasteiger partial charge in [0.1, 0.15) is 11.5 Å². The summed E-state index contributed by atoms with van der Waals surface area (Å²) in [6.07, 6.45) is 3.06. The summed E-state index contributed by atoms with van der Waals surface area (Å²) in [5.41, 5.74) is 1.58. The van der Waals surface area contributed by atoms with Crippen molar-refractivity contribution in [1.82, 2.24) is 10.1 Å². The van der Waals surface area contributed by atoms with Crippen LogP contribution in [0.3, 0.4) is 0 Å². The van der Waals surface area contributed by atoms with Crippen LogP contribution in [0.15, 0.2) is 71.3 Å². The third-order valence-corrected chi connectivity index (χ3v) is 4.64. The van der Waals surface area contributed by atoms with Crippen LogP contribution in [0.25, 0.3) is 28.2 Å². The largest absolute Gasteiger partial charge is 0.497 e.